The number of fused-ring (bicyclic) bond motifs is 1. The first-order valence-electron chi connectivity index (χ1n) is 5.92. The number of ether oxygens (including phenoxy) is 1. The fourth-order valence-corrected chi connectivity index (χ4v) is 1.99. The summed E-state index contributed by atoms with van der Waals surface area (Å²) in [4.78, 5) is 13.1. The molecule has 2 aromatic carbocycles. The fraction of sp³-hybridized carbons (Fsp3) is 0.267. The minimum atomic E-state index is -0.210. The topological polar surface area (TPSA) is 29.5 Å². The molecule has 0 bridgehead atoms. The van der Waals surface area contributed by atoms with Crippen LogP contribution in [0.15, 0.2) is 42.5 Å². The Morgan fingerprint density at radius 3 is 2.61 bits per heavy atom. The Labute approximate surface area is 107 Å². The summed E-state index contributed by atoms with van der Waals surface area (Å²) in [6.07, 6.45) is 0. The first-order chi connectivity index (χ1) is 8.69. The zero-order valence-electron chi connectivity index (χ0n) is 10.7. The monoisotopic (exact) mass is 243 g/mol. The van der Waals surface area contributed by atoms with Gasteiger partial charge in [-0.3, -0.25) is 9.69 Å². The van der Waals surface area contributed by atoms with Gasteiger partial charge >= 0.3 is 5.97 Å². The van der Waals surface area contributed by atoms with Gasteiger partial charge in [0, 0.05) is 6.54 Å². The van der Waals surface area contributed by atoms with Crippen molar-refractivity contribution in [1.82, 2.24) is 4.90 Å². The lowest BCUT2D eigenvalue weighted by Gasteiger charge is -2.15. The molecular weight excluding hydrogens is 226 g/mol. The predicted molar refractivity (Wildman–Crippen MR) is 72.3 cm³/mol. The molecule has 18 heavy (non-hydrogen) atoms. The molecule has 0 saturated heterocycles. The van der Waals surface area contributed by atoms with Gasteiger partial charge in [-0.1, -0.05) is 36.4 Å². The highest BCUT2D eigenvalue weighted by Crippen LogP contribution is 2.16. The molecule has 2 rings (SSSR count). The second-order valence-electron chi connectivity index (χ2n) is 4.43. The molecule has 0 unspecified atom stereocenters. The number of carbonyl (C=O) groups excluding carboxylic acids is 1. The zero-order valence-corrected chi connectivity index (χ0v) is 10.7. The Morgan fingerprint density at radius 2 is 1.89 bits per heavy atom. The van der Waals surface area contributed by atoms with Crippen molar-refractivity contribution < 1.29 is 9.53 Å². The maximum Gasteiger partial charge on any atom is 0.319 e. The minimum absolute atomic E-state index is 0.210. The molecule has 3 heteroatoms. The predicted octanol–water partition coefficient (Wildman–Crippen LogP) is 2.44. The molecule has 0 aliphatic carbocycles. The smallest absolute Gasteiger partial charge is 0.319 e. The van der Waals surface area contributed by atoms with E-state index in [9.17, 15) is 4.79 Å². The van der Waals surface area contributed by atoms with Gasteiger partial charge in [0.2, 0.25) is 0 Å². The van der Waals surface area contributed by atoms with Crippen molar-refractivity contribution in [2.45, 2.75) is 6.54 Å². The third-order valence-electron chi connectivity index (χ3n) is 2.89. The van der Waals surface area contributed by atoms with E-state index in [2.05, 4.69) is 35.1 Å². The number of hydrogen-bond acceptors (Lipinski definition) is 3. The van der Waals surface area contributed by atoms with Crippen LogP contribution in [0.2, 0.25) is 0 Å². The van der Waals surface area contributed by atoms with Gasteiger partial charge in [0.15, 0.2) is 0 Å². The fourth-order valence-electron chi connectivity index (χ4n) is 1.99. The molecule has 0 amide bonds. The maximum atomic E-state index is 11.2. The summed E-state index contributed by atoms with van der Waals surface area (Å²) in [5.74, 6) is -0.210. The summed E-state index contributed by atoms with van der Waals surface area (Å²) in [6, 6.07) is 14.6. The van der Waals surface area contributed by atoms with Crippen LogP contribution in [-0.2, 0) is 16.1 Å². The first kappa shape index (κ1) is 12.6. The largest absolute Gasteiger partial charge is 0.468 e. The van der Waals surface area contributed by atoms with E-state index in [1.54, 1.807) is 0 Å². The van der Waals surface area contributed by atoms with Crippen LogP contribution in [-0.4, -0.2) is 31.6 Å². The van der Waals surface area contributed by atoms with E-state index in [1.165, 1.54) is 23.4 Å². The van der Waals surface area contributed by atoms with Crippen LogP contribution in [0.5, 0.6) is 0 Å². The lowest BCUT2D eigenvalue weighted by atomic mass is 10.1. The van der Waals surface area contributed by atoms with E-state index in [4.69, 9.17) is 0 Å². The standard InChI is InChI=1S/C15H17NO2/c1-16(11-15(17)18-2)10-12-7-8-13-5-3-4-6-14(13)9-12/h3-9H,10-11H2,1-2H3. The molecule has 0 spiro atoms. The second-order valence-corrected chi connectivity index (χ2v) is 4.43. The number of carbonyl (C=O) groups is 1. The average molecular weight is 243 g/mol. The molecule has 0 radical (unpaired) electrons. The Bertz CT molecular complexity index is 551. The highest BCUT2D eigenvalue weighted by Gasteiger charge is 2.06. The van der Waals surface area contributed by atoms with E-state index in [0.29, 0.717) is 6.54 Å². The van der Waals surface area contributed by atoms with Crippen molar-refractivity contribution in [3.05, 3.63) is 48.0 Å². The van der Waals surface area contributed by atoms with Gasteiger partial charge in [-0.25, -0.2) is 0 Å². The number of methoxy groups -OCH3 is 1. The van der Waals surface area contributed by atoms with Crippen molar-refractivity contribution in [2.75, 3.05) is 20.7 Å². The Hall–Kier alpha value is -1.87. The Kier molecular flexibility index (Phi) is 3.95. The molecule has 0 aromatic heterocycles. The molecular formula is C15H17NO2. The first-order valence-corrected chi connectivity index (χ1v) is 5.92. The second kappa shape index (κ2) is 5.65. The molecule has 0 aliphatic rings. The Morgan fingerprint density at radius 1 is 1.17 bits per heavy atom. The van der Waals surface area contributed by atoms with Gasteiger partial charge in [0.1, 0.15) is 0 Å². The molecule has 3 nitrogen and oxygen atoms in total. The summed E-state index contributed by atoms with van der Waals surface area (Å²) in [6.45, 7) is 1.04. The van der Waals surface area contributed by atoms with Crippen LogP contribution in [0.4, 0.5) is 0 Å². The molecule has 0 fully saturated rings. The molecule has 2 aromatic rings. The maximum absolute atomic E-state index is 11.2. The van der Waals surface area contributed by atoms with Crippen molar-refractivity contribution >= 4 is 16.7 Å². The van der Waals surface area contributed by atoms with Crippen molar-refractivity contribution in [2.24, 2.45) is 0 Å². The molecule has 0 N–H and O–H groups in total. The number of benzene rings is 2. The van der Waals surface area contributed by atoms with Gasteiger partial charge in [0.05, 0.1) is 13.7 Å². The van der Waals surface area contributed by atoms with E-state index >= 15 is 0 Å². The summed E-state index contributed by atoms with van der Waals surface area (Å²) >= 11 is 0. The van der Waals surface area contributed by atoms with Crippen LogP contribution in [0.1, 0.15) is 5.56 Å². The lowest BCUT2D eigenvalue weighted by molar-refractivity contribution is -0.141. The van der Waals surface area contributed by atoms with Crippen LogP contribution in [0.25, 0.3) is 10.8 Å². The number of nitrogens with zero attached hydrogens (tertiary/aromatic N) is 1. The number of rotatable bonds is 4. The van der Waals surface area contributed by atoms with Gasteiger partial charge < -0.3 is 4.74 Å². The normalized spacial score (nSPS) is 10.8. The third-order valence-corrected chi connectivity index (χ3v) is 2.89. The molecule has 0 aliphatic heterocycles. The highest BCUT2D eigenvalue weighted by atomic mass is 16.5. The summed E-state index contributed by atoms with van der Waals surface area (Å²) in [5.41, 5.74) is 1.19. The quantitative estimate of drug-likeness (QED) is 0.772. The lowest BCUT2D eigenvalue weighted by Crippen LogP contribution is -2.26. The van der Waals surface area contributed by atoms with Gasteiger partial charge in [-0.15, -0.1) is 0 Å². The third kappa shape index (κ3) is 3.08. The summed E-state index contributed by atoms with van der Waals surface area (Å²) in [7, 11) is 3.32. The van der Waals surface area contributed by atoms with Gasteiger partial charge in [0.25, 0.3) is 0 Å². The molecule has 94 valence electrons. The molecule has 0 heterocycles. The number of esters is 1. The summed E-state index contributed by atoms with van der Waals surface area (Å²) in [5, 5.41) is 2.46. The van der Waals surface area contributed by atoms with Crippen molar-refractivity contribution in [3.63, 3.8) is 0 Å². The van der Waals surface area contributed by atoms with E-state index < -0.39 is 0 Å². The van der Waals surface area contributed by atoms with Gasteiger partial charge in [-0.2, -0.15) is 0 Å². The highest BCUT2D eigenvalue weighted by molar-refractivity contribution is 5.83. The van der Waals surface area contributed by atoms with Crippen LogP contribution in [0, 0.1) is 0 Å². The molecule has 0 saturated carbocycles. The van der Waals surface area contributed by atoms with E-state index in [0.717, 1.165) is 6.54 Å². The average Bonchev–Trinajstić information content (AvgIpc) is 2.38. The van der Waals surface area contributed by atoms with E-state index in [1.807, 2.05) is 24.1 Å². The number of likely N-dealkylation sites (N-methyl/N-ethyl adjacent to an activating group) is 1. The minimum Gasteiger partial charge on any atom is -0.468 e. The van der Waals surface area contributed by atoms with Crippen LogP contribution < -0.4 is 0 Å². The van der Waals surface area contributed by atoms with Crippen LogP contribution >= 0.6 is 0 Å². The van der Waals surface area contributed by atoms with Crippen molar-refractivity contribution in [1.29, 1.82) is 0 Å². The Balaban J connectivity index is 2.09. The summed E-state index contributed by atoms with van der Waals surface area (Å²) < 4.78 is 4.65. The van der Waals surface area contributed by atoms with Crippen molar-refractivity contribution in [3.8, 4) is 0 Å². The van der Waals surface area contributed by atoms with Crippen LogP contribution in [0.3, 0.4) is 0 Å². The number of hydrogen-bond donors (Lipinski definition) is 0. The zero-order chi connectivity index (χ0) is 13.0. The SMILES string of the molecule is COC(=O)CN(C)Cc1ccc2ccccc2c1. The van der Waals surface area contributed by atoms with Gasteiger partial charge in [-0.05, 0) is 29.4 Å². The van der Waals surface area contributed by atoms with E-state index in [-0.39, 0.29) is 5.97 Å². The molecule has 0 atom stereocenters.